The van der Waals surface area contributed by atoms with Gasteiger partial charge in [0.05, 0.1) is 15.7 Å². The minimum absolute atomic E-state index is 0.288. The zero-order valence-corrected chi connectivity index (χ0v) is 12.3. The number of hydrazine groups is 1. The van der Waals surface area contributed by atoms with E-state index in [2.05, 4.69) is 26.7 Å². The quantitative estimate of drug-likeness (QED) is 0.593. The van der Waals surface area contributed by atoms with E-state index in [1.165, 1.54) is 18.2 Å². The topological polar surface area (TPSA) is 67.2 Å². The van der Waals surface area contributed by atoms with Crippen LogP contribution in [-0.2, 0) is 0 Å². The van der Waals surface area contributed by atoms with Gasteiger partial charge < -0.3 is 10.7 Å². The van der Waals surface area contributed by atoms with E-state index in [4.69, 9.17) is 5.84 Å². The molecule has 2 aromatic rings. The van der Waals surface area contributed by atoms with Crippen LogP contribution in [0.1, 0.15) is 15.9 Å². The Morgan fingerprint density at radius 2 is 2.00 bits per heavy atom. The second kappa shape index (κ2) is 6.02. The summed E-state index contributed by atoms with van der Waals surface area (Å²) >= 11 is 3.07. The number of anilines is 2. The molecule has 4 nitrogen and oxygen atoms in total. The number of nitrogens with one attached hydrogen (secondary N) is 2. The van der Waals surface area contributed by atoms with Crippen LogP contribution in [0.3, 0.4) is 0 Å². The number of nitrogens with two attached hydrogens (primary N) is 1. The number of hydrogen-bond acceptors (Lipinski definition) is 3. The maximum atomic E-state index is 13.1. The Morgan fingerprint density at radius 3 is 2.65 bits per heavy atom. The molecule has 104 valence electrons. The SMILES string of the molecule is Cc1ccc(C(=O)Nc2ccc(F)c(Br)c2)c(NN)c1. The number of benzene rings is 2. The van der Waals surface area contributed by atoms with Crippen LogP contribution in [0, 0.1) is 12.7 Å². The first-order valence-corrected chi connectivity index (χ1v) is 6.64. The van der Waals surface area contributed by atoms with Gasteiger partial charge >= 0.3 is 0 Å². The molecule has 2 rings (SSSR count). The normalized spacial score (nSPS) is 10.2. The predicted octanol–water partition coefficient (Wildman–Crippen LogP) is 3.43. The second-order valence-corrected chi connectivity index (χ2v) is 5.13. The fourth-order valence-electron chi connectivity index (χ4n) is 1.75. The number of carbonyl (C=O) groups is 1. The Balaban J connectivity index is 2.25. The third-order valence-corrected chi connectivity index (χ3v) is 3.36. The third-order valence-electron chi connectivity index (χ3n) is 2.75. The Bertz CT molecular complexity index is 661. The summed E-state index contributed by atoms with van der Waals surface area (Å²) in [5.74, 6) is 4.70. The van der Waals surface area contributed by atoms with Crippen LogP contribution in [0.15, 0.2) is 40.9 Å². The minimum atomic E-state index is -0.386. The highest BCUT2D eigenvalue weighted by Gasteiger charge is 2.12. The summed E-state index contributed by atoms with van der Waals surface area (Å²) in [5.41, 5.74) is 4.92. The summed E-state index contributed by atoms with van der Waals surface area (Å²) in [6.45, 7) is 1.90. The van der Waals surface area contributed by atoms with E-state index in [1.54, 1.807) is 12.1 Å². The summed E-state index contributed by atoms with van der Waals surface area (Å²) in [6.07, 6.45) is 0. The van der Waals surface area contributed by atoms with Crippen LogP contribution < -0.4 is 16.6 Å². The van der Waals surface area contributed by atoms with E-state index in [0.29, 0.717) is 16.9 Å². The molecule has 6 heteroatoms. The lowest BCUT2D eigenvalue weighted by Gasteiger charge is -2.11. The molecule has 0 aliphatic heterocycles. The molecule has 0 saturated carbocycles. The lowest BCUT2D eigenvalue weighted by Crippen LogP contribution is -2.17. The fraction of sp³-hybridized carbons (Fsp3) is 0.0714. The van der Waals surface area contributed by atoms with Gasteiger partial charge in [-0.1, -0.05) is 6.07 Å². The number of rotatable bonds is 3. The molecule has 0 unspecified atom stereocenters. The Kier molecular flexibility index (Phi) is 4.36. The molecule has 0 heterocycles. The average molecular weight is 338 g/mol. The van der Waals surface area contributed by atoms with Gasteiger partial charge in [-0.2, -0.15) is 0 Å². The number of halogens is 2. The van der Waals surface area contributed by atoms with Gasteiger partial charge in [-0.25, -0.2) is 4.39 Å². The van der Waals surface area contributed by atoms with Crippen LogP contribution >= 0.6 is 15.9 Å². The van der Waals surface area contributed by atoms with Gasteiger partial charge in [-0.05, 0) is 58.7 Å². The first kappa shape index (κ1) is 14.5. The lowest BCUT2D eigenvalue weighted by molar-refractivity contribution is 0.102. The molecule has 0 atom stereocenters. The molecule has 0 spiro atoms. The standard InChI is InChI=1S/C14H13BrFN3O/c1-8-2-4-10(13(6-8)19-17)14(20)18-9-3-5-12(16)11(15)7-9/h2-7,19H,17H2,1H3,(H,18,20). The van der Waals surface area contributed by atoms with Crippen molar-refractivity contribution in [3.8, 4) is 0 Å². The molecular weight excluding hydrogens is 325 g/mol. The van der Waals surface area contributed by atoms with Crippen molar-refractivity contribution >= 4 is 33.2 Å². The highest BCUT2D eigenvalue weighted by molar-refractivity contribution is 9.10. The van der Waals surface area contributed by atoms with Crippen LogP contribution in [0.5, 0.6) is 0 Å². The van der Waals surface area contributed by atoms with E-state index < -0.39 is 0 Å². The largest absolute Gasteiger partial charge is 0.323 e. The Hall–Kier alpha value is -1.92. The minimum Gasteiger partial charge on any atom is -0.323 e. The zero-order valence-electron chi connectivity index (χ0n) is 10.7. The van der Waals surface area contributed by atoms with E-state index in [-0.39, 0.29) is 16.2 Å². The van der Waals surface area contributed by atoms with Gasteiger partial charge in [0.15, 0.2) is 0 Å². The molecule has 1 amide bonds. The monoisotopic (exact) mass is 337 g/mol. The Labute approximate surface area is 124 Å². The molecule has 0 aliphatic carbocycles. The number of carbonyl (C=O) groups excluding carboxylic acids is 1. The predicted molar refractivity (Wildman–Crippen MR) is 81.0 cm³/mol. The van der Waals surface area contributed by atoms with Crippen molar-refractivity contribution in [2.75, 3.05) is 10.7 Å². The van der Waals surface area contributed by atoms with Gasteiger partial charge in [0.1, 0.15) is 5.82 Å². The third kappa shape index (κ3) is 3.15. The number of hydrogen-bond donors (Lipinski definition) is 3. The van der Waals surface area contributed by atoms with E-state index in [1.807, 2.05) is 13.0 Å². The number of amides is 1. The van der Waals surface area contributed by atoms with Gasteiger partial charge in [-0.15, -0.1) is 0 Å². The lowest BCUT2D eigenvalue weighted by atomic mass is 10.1. The molecule has 20 heavy (non-hydrogen) atoms. The highest BCUT2D eigenvalue weighted by atomic mass is 79.9. The van der Waals surface area contributed by atoms with E-state index in [9.17, 15) is 9.18 Å². The average Bonchev–Trinajstić information content (AvgIpc) is 2.42. The van der Waals surface area contributed by atoms with Gasteiger partial charge in [0.2, 0.25) is 0 Å². The molecule has 0 aliphatic rings. The molecular formula is C14H13BrFN3O. The summed E-state index contributed by atoms with van der Waals surface area (Å²) < 4.78 is 13.4. The fourth-order valence-corrected chi connectivity index (χ4v) is 2.13. The van der Waals surface area contributed by atoms with Crippen molar-refractivity contribution in [1.82, 2.24) is 0 Å². The summed E-state index contributed by atoms with van der Waals surface area (Å²) in [5, 5.41) is 2.69. The number of nitrogen functional groups attached to an aromatic ring is 1. The van der Waals surface area contributed by atoms with Crippen molar-refractivity contribution < 1.29 is 9.18 Å². The molecule has 4 N–H and O–H groups in total. The smallest absolute Gasteiger partial charge is 0.257 e. The molecule has 0 aromatic heterocycles. The van der Waals surface area contributed by atoms with Gasteiger partial charge in [0, 0.05) is 5.69 Å². The van der Waals surface area contributed by atoms with Gasteiger partial charge in [-0.3, -0.25) is 10.6 Å². The molecule has 0 bridgehead atoms. The molecule has 0 fully saturated rings. The summed E-state index contributed by atoms with van der Waals surface area (Å²) in [4.78, 5) is 12.2. The Morgan fingerprint density at radius 1 is 1.25 bits per heavy atom. The van der Waals surface area contributed by atoms with Crippen LogP contribution in [-0.4, -0.2) is 5.91 Å². The molecule has 0 saturated heterocycles. The van der Waals surface area contributed by atoms with Crippen LogP contribution in [0.4, 0.5) is 15.8 Å². The van der Waals surface area contributed by atoms with Crippen LogP contribution in [0.2, 0.25) is 0 Å². The summed E-state index contributed by atoms with van der Waals surface area (Å²) in [6, 6.07) is 9.53. The summed E-state index contributed by atoms with van der Waals surface area (Å²) in [7, 11) is 0. The molecule has 2 aromatic carbocycles. The van der Waals surface area contributed by atoms with Crippen molar-refractivity contribution in [1.29, 1.82) is 0 Å². The number of aryl methyl sites for hydroxylation is 1. The van der Waals surface area contributed by atoms with Gasteiger partial charge in [0.25, 0.3) is 5.91 Å². The maximum absolute atomic E-state index is 13.1. The zero-order chi connectivity index (χ0) is 14.7. The van der Waals surface area contributed by atoms with Crippen molar-refractivity contribution in [3.63, 3.8) is 0 Å². The highest BCUT2D eigenvalue weighted by Crippen LogP contribution is 2.22. The molecule has 0 radical (unpaired) electrons. The second-order valence-electron chi connectivity index (χ2n) is 4.28. The van der Waals surface area contributed by atoms with Crippen LogP contribution in [0.25, 0.3) is 0 Å². The van der Waals surface area contributed by atoms with E-state index in [0.717, 1.165) is 5.56 Å². The maximum Gasteiger partial charge on any atom is 0.257 e. The van der Waals surface area contributed by atoms with Crippen molar-refractivity contribution in [2.24, 2.45) is 5.84 Å². The van der Waals surface area contributed by atoms with Crippen molar-refractivity contribution in [2.45, 2.75) is 6.92 Å². The first-order valence-electron chi connectivity index (χ1n) is 5.85. The van der Waals surface area contributed by atoms with Crippen molar-refractivity contribution in [3.05, 3.63) is 57.8 Å². The van der Waals surface area contributed by atoms with E-state index >= 15 is 0 Å². The first-order chi connectivity index (χ1) is 9.51.